The van der Waals surface area contributed by atoms with Crippen LogP contribution in [0.3, 0.4) is 0 Å². The molecule has 10 heteroatoms. The highest BCUT2D eigenvalue weighted by Gasteiger charge is 2.25. The van der Waals surface area contributed by atoms with Crippen LogP contribution in [0.1, 0.15) is 155 Å². The maximum absolute atomic E-state index is 12.6. The third-order valence-electron chi connectivity index (χ3n) is 8.86. The first-order valence-corrected chi connectivity index (χ1v) is 24.5. The minimum atomic E-state index is -4.42. The quantitative estimate of drug-likeness (QED) is 0.0266. The summed E-state index contributed by atoms with van der Waals surface area (Å²) >= 11 is 0. The molecule has 0 fully saturated rings. The maximum atomic E-state index is 12.6. The van der Waals surface area contributed by atoms with Gasteiger partial charge in [0.15, 0.2) is 6.10 Å². The monoisotopic (exact) mass is 868 g/mol. The molecule has 3 N–H and O–H groups in total. The summed E-state index contributed by atoms with van der Waals surface area (Å²) in [5, 5.41) is 0. The largest absolute Gasteiger partial charge is 0.472 e. The Morgan fingerprint density at radius 2 is 0.902 bits per heavy atom. The van der Waals surface area contributed by atoms with Crippen molar-refractivity contribution < 1.29 is 37.6 Å². The van der Waals surface area contributed by atoms with E-state index >= 15 is 0 Å². The predicted octanol–water partition coefficient (Wildman–Crippen LogP) is 13.7. The van der Waals surface area contributed by atoms with Crippen molar-refractivity contribution in [1.82, 2.24) is 0 Å². The number of phosphoric acid groups is 1. The van der Waals surface area contributed by atoms with Crippen molar-refractivity contribution in [2.24, 2.45) is 5.73 Å². The Bertz CT molecular complexity index is 1400. The summed E-state index contributed by atoms with van der Waals surface area (Å²) in [5.74, 6) is -1.03. The average Bonchev–Trinajstić information content (AvgIpc) is 3.25. The van der Waals surface area contributed by atoms with Crippen molar-refractivity contribution in [3.8, 4) is 0 Å². The molecule has 0 heterocycles. The second kappa shape index (κ2) is 45.9. The summed E-state index contributed by atoms with van der Waals surface area (Å²) in [5.41, 5.74) is 5.34. The zero-order valence-electron chi connectivity index (χ0n) is 37.8. The Labute approximate surface area is 371 Å². The fraction of sp³-hybridized carbons (Fsp3) is 0.569. The number of nitrogens with two attached hydrogens (primary N) is 1. The Hall–Kier alpha value is -3.59. The molecule has 0 rings (SSSR count). The van der Waals surface area contributed by atoms with Gasteiger partial charge in [0.05, 0.1) is 13.2 Å². The molecule has 0 bridgehead atoms. The molecule has 344 valence electrons. The molecular formula is C51H82NO8P. The number of carbonyl (C=O) groups excluding carboxylic acids is 2. The zero-order valence-corrected chi connectivity index (χ0v) is 38.7. The fourth-order valence-electron chi connectivity index (χ4n) is 5.49. The molecule has 0 aliphatic heterocycles. The van der Waals surface area contributed by atoms with E-state index in [1.807, 2.05) is 24.3 Å². The Kier molecular flexibility index (Phi) is 43.2. The molecule has 0 aliphatic carbocycles. The van der Waals surface area contributed by atoms with E-state index in [9.17, 15) is 19.0 Å². The third kappa shape index (κ3) is 45.8. The number of hydrogen-bond donors (Lipinski definition) is 2. The van der Waals surface area contributed by atoms with Crippen LogP contribution in [0.2, 0.25) is 0 Å². The van der Waals surface area contributed by atoms with Gasteiger partial charge < -0.3 is 20.1 Å². The van der Waals surface area contributed by atoms with Crippen molar-refractivity contribution in [3.63, 3.8) is 0 Å². The third-order valence-corrected chi connectivity index (χ3v) is 9.84. The van der Waals surface area contributed by atoms with Gasteiger partial charge in [-0.05, 0) is 83.5 Å². The number of phosphoric ester groups is 1. The van der Waals surface area contributed by atoms with Crippen LogP contribution in [0.5, 0.6) is 0 Å². The van der Waals surface area contributed by atoms with Crippen molar-refractivity contribution in [2.45, 2.75) is 161 Å². The number of rotatable bonds is 41. The number of carbonyl (C=O) groups is 2. The van der Waals surface area contributed by atoms with Crippen LogP contribution in [-0.4, -0.2) is 49.3 Å². The van der Waals surface area contributed by atoms with Gasteiger partial charge >= 0.3 is 19.8 Å². The molecule has 0 radical (unpaired) electrons. The van der Waals surface area contributed by atoms with Crippen molar-refractivity contribution in [1.29, 1.82) is 0 Å². The predicted molar refractivity (Wildman–Crippen MR) is 256 cm³/mol. The van der Waals surface area contributed by atoms with E-state index in [1.165, 1.54) is 57.8 Å². The standard InChI is InChI=1S/C51H82NO8P/c1-3-5-7-9-11-13-15-17-19-21-23-24-26-27-29-31-33-35-37-39-41-43-50(53)57-47-49(48-59-61(55,56)58-46-45-52)60-51(54)44-42-40-38-36-34-32-30-28-25-22-20-18-16-14-12-10-8-6-4-2/h6,8,12,14,18,20-21,23,25-28,31-34,37-40,49H,3-5,7,9-11,13,15-17,19,22,24,29-30,35-36,41-48,52H2,1-2H3,(H,55,56). The lowest BCUT2D eigenvalue weighted by Crippen LogP contribution is -2.29. The molecule has 2 unspecified atom stereocenters. The van der Waals surface area contributed by atoms with Crippen LogP contribution in [0.25, 0.3) is 0 Å². The highest BCUT2D eigenvalue weighted by molar-refractivity contribution is 7.47. The minimum absolute atomic E-state index is 0.0259. The van der Waals surface area contributed by atoms with E-state index in [1.54, 1.807) is 0 Å². The summed E-state index contributed by atoms with van der Waals surface area (Å²) < 4.78 is 32.6. The molecule has 0 amide bonds. The number of hydrogen-bond acceptors (Lipinski definition) is 8. The molecule has 0 saturated heterocycles. The summed E-state index contributed by atoms with van der Waals surface area (Å²) in [4.78, 5) is 34.9. The SMILES string of the molecule is CCC=CCC=CCC=CCC=CCC=CCC=CCCC(=O)OC(COC(=O)CCC=CCC=CCC=CCC=CCCCCCCCCCC)COP(=O)(O)OCCN. The highest BCUT2D eigenvalue weighted by Crippen LogP contribution is 2.43. The Morgan fingerprint density at radius 3 is 1.34 bits per heavy atom. The minimum Gasteiger partial charge on any atom is -0.462 e. The van der Waals surface area contributed by atoms with Crippen molar-refractivity contribution in [3.05, 3.63) is 122 Å². The van der Waals surface area contributed by atoms with Gasteiger partial charge in [0.1, 0.15) is 6.61 Å². The Morgan fingerprint density at radius 1 is 0.508 bits per heavy atom. The number of allylic oxidation sites excluding steroid dienone is 20. The molecule has 0 aromatic heterocycles. The average molecular weight is 868 g/mol. The summed E-state index contributed by atoms with van der Waals surface area (Å²) in [7, 11) is -4.42. The summed E-state index contributed by atoms with van der Waals surface area (Å²) in [6.45, 7) is 3.42. The molecule has 0 aromatic carbocycles. The van der Waals surface area contributed by atoms with E-state index in [4.69, 9.17) is 24.3 Å². The molecule has 0 saturated carbocycles. The molecule has 61 heavy (non-hydrogen) atoms. The fourth-order valence-corrected chi connectivity index (χ4v) is 6.25. The number of esters is 2. The van der Waals surface area contributed by atoms with Crippen LogP contribution in [0.4, 0.5) is 0 Å². The van der Waals surface area contributed by atoms with Gasteiger partial charge in [-0.3, -0.25) is 18.6 Å². The first kappa shape index (κ1) is 57.4. The molecule has 0 spiro atoms. The zero-order chi connectivity index (χ0) is 44.6. The second-order valence-corrected chi connectivity index (χ2v) is 16.0. The lowest BCUT2D eigenvalue weighted by atomic mass is 10.1. The topological polar surface area (TPSA) is 134 Å². The van der Waals surface area contributed by atoms with E-state index in [-0.39, 0.29) is 32.6 Å². The van der Waals surface area contributed by atoms with E-state index in [0.717, 1.165) is 57.8 Å². The lowest BCUT2D eigenvalue weighted by molar-refractivity contribution is -0.161. The van der Waals surface area contributed by atoms with Gasteiger partial charge in [-0.25, -0.2) is 4.57 Å². The van der Waals surface area contributed by atoms with Gasteiger partial charge in [0, 0.05) is 19.4 Å². The van der Waals surface area contributed by atoms with Gasteiger partial charge in [0.25, 0.3) is 0 Å². The van der Waals surface area contributed by atoms with Crippen LogP contribution in [0.15, 0.2) is 122 Å². The first-order valence-electron chi connectivity index (χ1n) is 23.0. The molecule has 9 nitrogen and oxygen atoms in total. The van der Waals surface area contributed by atoms with Crippen molar-refractivity contribution in [2.75, 3.05) is 26.4 Å². The lowest BCUT2D eigenvalue weighted by Gasteiger charge is -2.19. The van der Waals surface area contributed by atoms with E-state index in [0.29, 0.717) is 12.8 Å². The summed E-state index contributed by atoms with van der Waals surface area (Å²) in [6.07, 6.45) is 62.7. The van der Waals surface area contributed by atoms with Gasteiger partial charge in [-0.2, -0.15) is 0 Å². The molecular weight excluding hydrogens is 786 g/mol. The maximum Gasteiger partial charge on any atom is 0.472 e. The van der Waals surface area contributed by atoms with Crippen molar-refractivity contribution >= 4 is 19.8 Å². The van der Waals surface area contributed by atoms with E-state index in [2.05, 4.69) is 111 Å². The molecule has 0 aromatic rings. The van der Waals surface area contributed by atoms with Crippen LogP contribution < -0.4 is 5.73 Å². The van der Waals surface area contributed by atoms with Crippen LogP contribution in [-0.2, 0) is 32.7 Å². The van der Waals surface area contributed by atoms with Crippen LogP contribution >= 0.6 is 7.82 Å². The first-order chi connectivity index (χ1) is 29.8. The van der Waals surface area contributed by atoms with Crippen LogP contribution in [0, 0.1) is 0 Å². The number of unbranched alkanes of at least 4 members (excludes halogenated alkanes) is 8. The second-order valence-electron chi connectivity index (χ2n) is 14.5. The normalized spacial score (nSPS) is 14.4. The molecule has 0 aliphatic rings. The summed E-state index contributed by atoms with van der Waals surface area (Å²) in [6, 6.07) is 0. The smallest absolute Gasteiger partial charge is 0.462 e. The number of ether oxygens (including phenoxy) is 2. The van der Waals surface area contributed by atoms with Gasteiger partial charge in [-0.1, -0.05) is 180 Å². The highest BCUT2D eigenvalue weighted by atomic mass is 31.2. The van der Waals surface area contributed by atoms with E-state index < -0.39 is 32.5 Å². The van der Waals surface area contributed by atoms with Gasteiger partial charge in [0.2, 0.25) is 0 Å². The Balaban J connectivity index is 4.38. The molecule has 2 atom stereocenters. The van der Waals surface area contributed by atoms with Gasteiger partial charge in [-0.15, -0.1) is 0 Å².